The molecule has 0 aliphatic carbocycles. The lowest BCUT2D eigenvalue weighted by Gasteiger charge is -2.28. The second kappa shape index (κ2) is 7.26. The molecular weight excluding hydrogens is 342 g/mol. The number of hydrogen-bond acceptors (Lipinski definition) is 5. The van der Waals surface area contributed by atoms with Crippen LogP contribution in [-0.4, -0.2) is 14.2 Å². The summed E-state index contributed by atoms with van der Waals surface area (Å²) in [6, 6.07) is 19.0. The Morgan fingerprint density at radius 1 is 0.667 bits per heavy atom. The first-order valence-electron chi connectivity index (χ1n) is 6.18. The Morgan fingerprint density at radius 3 is 1.29 bits per heavy atom. The highest BCUT2D eigenvalue weighted by atomic mass is 32.5. The number of rotatable bonds is 6. The molecule has 0 heterocycles. The SMILES string of the molecule is COP(=S)(OP(=S)(OC)c1ccccc1)c1ccccc1. The Hall–Kier alpha value is -0.380. The van der Waals surface area contributed by atoms with Gasteiger partial charge in [-0.1, -0.05) is 36.4 Å². The second-order valence-electron chi connectivity index (χ2n) is 4.11. The van der Waals surface area contributed by atoms with E-state index in [1.54, 1.807) is 14.2 Å². The summed E-state index contributed by atoms with van der Waals surface area (Å²) in [6.07, 6.45) is 0. The third-order valence-electron chi connectivity index (χ3n) is 2.84. The zero-order valence-corrected chi connectivity index (χ0v) is 15.1. The lowest BCUT2D eigenvalue weighted by Crippen LogP contribution is -2.13. The summed E-state index contributed by atoms with van der Waals surface area (Å²) in [5, 5.41) is 1.65. The molecule has 0 amide bonds. The highest BCUT2D eigenvalue weighted by molar-refractivity contribution is 8.21. The van der Waals surface area contributed by atoms with E-state index < -0.39 is 13.0 Å². The summed E-state index contributed by atoms with van der Waals surface area (Å²) >= 11 is 11.3. The van der Waals surface area contributed by atoms with Crippen LogP contribution in [0.5, 0.6) is 0 Å². The minimum atomic E-state index is -2.70. The molecule has 2 unspecified atom stereocenters. The van der Waals surface area contributed by atoms with Crippen molar-refractivity contribution < 1.29 is 13.4 Å². The van der Waals surface area contributed by atoms with E-state index in [4.69, 9.17) is 37.0 Å². The highest BCUT2D eigenvalue weighted by Crippen LogP contribution is 2.63. The minimum absolute atomic E-state index is 0.824. The fourth-order valence-electron chi connectivity index (χ4n) is 1.73. The first-order chi connectivity index (χ1) is 10.0. The normalized spacial score (nSPS) is 16.9. The second-order valence-corrected chi connectivity index (χ2v) is 11.4. The molecule has 2 rings (SSSR count). The molecule has 0 fully saturated rings. The van der Waals surface area contributed by atoms with E-state index in [2.05, 4.69) is 0 Å². The third kappa shape index (κ3) is 3.88. The largest absolute Gasteiger partial charge is 0.329 e. The fraction of sp³-hybridized carbons (Fsp3) is 0.143. The average Bonchev–Trinajstić information content (AvgIpc) is 2.56. The van der Waals surface area contributed by atoms with Crippen LogP contribution in [0.25, 0.3) is 0 Å². The molecule has 0 aromatic heterocycles. The molecule has 112 valence electrons. The van der Waals surface area contributed by atoms with Crippen LogP contribution < -0.4 is 10.6 Å². The Balaban J connectivity index is 2.41. The van der Waals surface area contributed by atoms with E-state index in [1.807, 2.05) is 60.7 Å². The van der Waals surface area contributed by atoms with Gasteiger partial charge in [0.05, 0.1) is 0 Å². The van der Waals surface area contributed by atoms with Gasteiger partial charge in [-0.05, 0) is 47.9 Å². The minimum Gasteiger partial charge on any atom is -0.329 e. The van der Waals surface area contributed by atoms with Crippen LogP contribution in [-0.2, 0) is 37.0 Å². The molecule has 2 aromatic carbocycles. The standard InChI is InChI=1S/C14H16O3P2S2/c1-15-18(20,13-9-5-3-6-10-13)17-19(21,16-2)14-11-7-4-8-12-14/h3-12H,1-2H3. The van der Waals surface area contributed by atoms with Gasteiger partial charge < -0.3 is 9.05 Å². The summed E-state index contributed by atoms with van der Waals surface area (Å²) < 4.78 is 17.2. The maximum atomic E-state index is 6.10. The summed E-state index contributed by atoms with van der Waals surface area (Å²) in [5.41, 5.74) is 0. The van der Waals surface area contributed by atoms with Crippen molar-refractivity contribution >= 4 is 47.2 Å². The molecule has 0 aliphatic heterocycles. The van der Waals surface area contributed by atoms with Gasteiger partial charge in [0.1, 0.15) is 0 Å². The maximum Gasteiger partial charge on any atom is 0.225 e. The molecule has 21 heavy (non-hydrogen) atoms. The van der Waals surface area contributed by atoms with Crippen LogP contribution in [0.2, 0.25) is 0 Å². The third-order valence-corrected chi connectivity index (χ3v) is 10.7. The van der Waals surface area contributed by atoms with Gasteiger partial charge in [0.25, 0.3) is 0 Å². The average molecular weight is 358 g/mol. The van der Waals surface area contributed by atoms with Gasteiger partial charge in [-0.3, -0.25) is 4.31 Å². The lowest BCUT2D eigenvalue weighted by atomic mass is 10.4. The van der Waals surface area contributed by atoms with Crippen LogP contribution in [0.15, 0.2) is 60.7 Å². The summed E-state index contributed by atoms with van der Waals surface area (Å²) in [6.45, 7) is -5.41. The molecule has 0 spiro atoms. The van der Waals surface area contributed by atoms with Crippen molar-refractivity contribution in [1.29, 1.82) is 0 Å². The predicted molar refractivity (Wildman–Crippen MR) is 95.8 cm³/mol. The Labute approximate surface area is 135 Å². The van der Waals surface area contributed by atoms with E-state index >= 15 is 0 Å². The molecule has 2 aromatic rings. The molecule has 0 aliphatic rings. The van der Waals surface area contributed by atoms with Crippen molar-refractivity contribution in [3.8, 4) is 0 Å². The van der Waals surface area contributed by atoms with Gasteiger partial charge in [-0.15, -0.1) is 0 Å². The summed E-state index contributed by atoms with van der Waals surface area (Å²) in [7, 11) is 3.10. The molecular formula is C14H16O3P2S2. The molecule has 3 nitrogen and oxygen atoms in total. The lowest BCUT2D eigenvalue weighted by molar-refractivity contribution is 0.370. The Morgan fingerprint density at radius 2 is 1.00 bits per heavy atom. The number of benzene rings is 2. The van der Waals surface area contributed by atoms with Crippen molar-refractivity contribution in [2.75, 3.05) is 14.2 Å². The molecule has 0 N–H and O–H groups in total. The number of hydrogen-bond donors (Lipinski definition) is 0. The summed E-state index contributed by atoms with van der Waals surface area (Å²) in [4.78, 5) is 0. The van der Waals surface area contributed by atoms with Crippen molar-refractivity contribution in [1.82, 2.24) is 0 Å². The first kappa shape index (κ1) is 17.0. The van der Waals surface area contributed by atoms with Gasteiger partial charge in [-0.2, -0.15) is 0 Å². The van der Waals surface area contributed by atoms with Crippen LogP contribution in [0.1, 0.15) is 0 Å². The topological polar surface area (TPSA) is 27.7 Å². The van der Waals surface area contributed by atoms with Gasteiger partial charge in [0.2, 0.25) is 13.0 Å². The Bertz CT molecular complexity index is 618. The van der Waals surface area contributed by atoms with Gasteiger partial charge in [-0.25, -0.2) is 0 Å². The highest BCUT2D eigenvalue weighted by Gasteiger charge is 2.31. The van der Waals surface area contributed by atoms with Crippen LogP contribution in [0.3, 0.4) is 0 Å². The molecule has 0 saturated heterocycles. The molecule has 0 bridgehead atoms. The van der Waals surface area contributed by atoms with E-state index in [9.17, 15) is 0 Å². The van der Waals surface area contributed by atoms with E-state index in [0.29, 0.717) is 0 Å². The quantitative estimate of drug-likeness (QED) is 0.736. The van der Waals surface area contributed by atoms with Gasteiger partial charge in [0.15, 0.2) is 0 Å². The molecule has 2 atom stereocenters. The van der Waals surface area contributed by atoms with E-state index in [0.717, 1.165) is 10.6 Å². The van der Waals surface area contributed by atoms with Gasteiger partial charge in [0, 0.05) is 24.8 Å². The Kier molecular flexibility index (Phi) is 5.87. The van der Waals surface area contributed by atoms with Crippen molar-refractivity contribution in [3.63, 3.8) is 0 Å². The zero-order valence-electron chi connectivity index (χ0n) is 11.7. The fourth-order valence-corrected chi connectivity index (χ4v) is 8.45. The van der Waals surface area contributed by atoms with Crippen molar-refractivity contribution in [2.24, 2.45) is 0 Å². The van der Waals surface area contributed by atoms with Crippen LogP contribution >= 0.6 is 13.0 Å². The molecule has 0 radical (unpaired) electrons. The van der Waals surface area contributed by atoms with E-state index in [1.165, 1.54) is 0 Å². The first-order valence-corrected chi connectivity index (χ1v) is 11.5. The molecule has 7 heteroatoms. The van der Waals surface area contributed by atoms with Crippen LogP contribution in [0.4, 0.5) is 0 Å². The van der Waals surface area contributed by atoms with Crippen LogP contribution in [0, 0.1) is 0 Å². The van der Waals surface area contributed by atoms with Gasteiger partial charge >= 0.3 is 0 Å². The molecule has 0 saturated carbocycles. The van der Waals surface area contributed by atoms with Crippen molar-refractivity contribution in [3.05, 3.63) is 60.7 Å². The van der Waals surface area contributed by atoms with Crippen molar-refractivity contribution in [2.45, 2.75) is 0 Å². The smallest absolute Gasteiger partial charge is 0.225 e. The zero-order chi connectivity index (χ0) is 15.3. The maximum absolute atomic E-state index is 6.10. The monoisotopic (exact) mass is 358 g/mol. The summed E-state index contributed by atoms with van der Waals surface area (Å²) in [5.74, 6) is 0. The van der Waals surface area contributed by atoms with E-state index in [-0.39, 0.29) is 0 Å². The predicted octanol–water partition coefficient (Wildman–Crippen LogP) is 3.57.